The maximum Gasteiger partial charge on any atom is 0.175 e. The van der Waals surface area contributed by atoms with Crippen LogP contribution in [0.25, 0.3) is 11.0 Å². The molecule has 1 N–H and O–H groups in total. The molecular weight excluding hydrogens is 308 g/mol. The third-order valence-corrected chi connectivity index (χ3v) is 4.63. The van der Waals surface area contributed by atoms with E-state index in [2.05, 4.69) is 16.0 Å². The number of ether oxygens (including phenoxy) is 1. The topological polar surface area (TPSA) is 55.0 Å². The number of nitrogens with zero attached hydrogens (tertiary/aromatic N) is 1. The molecule has 0 aliphatic rings. The summed E-state index contributed by atoms with van der Waals surface area (Å²) in [6.45, 7) is 3.94. The highest BCUT2D eigenvalue weighted by Crippen LogP contribution is 2.26. The minimum absolute atomic E-state index is 0.0780. The number of benzene rings is 2. The summed E-state index contributed by atoms with van der Waals surface area (Å²) in [4.78, 5) is 20.3. The van der Waals surface area contributed by atoms with Crippen LogP contribution in [0.2, 0.25) is 0 Å². The van der Waals surface area contributed by atoms with Gasteiger partial charge in [0.1, 0.15) is 5.75 Å². The fraction of sp³-hybridized carbons (Fsp3) is 0.222. The first kappa shape index (κ1) is 15.6. The first-order chi connectivity index (χ1) is 11.1. The van der Waals surface area contributed by atoms with Crippen LogP contribution in [0.3, 0.4) is 0 Å². The van der Waals surface area contributed by atoms with Gasteiger partial charge in [-0.25, -0.2) is 4.98 Å². The number of aryl methyl sites for hydroxylation is 1. The summed E-state index contributed by atoms with van der Waals surface area (Å²) in [6, 6.07) is 13.3. The second kappa shape index (κ2) is 6.46. The number of imidazole rings is 1. The molecule has 118 valence electrons. The fourth-order valence-electron chi connectivity index (χ4n) is 2.37. The van der Waals surface area contributed by atoms with E-state index >= 15 is 0 Å². The van der Waals surface area contributed by atoms with Gasteiger partial charge in [-0.3, -0.25) is 4.79 Å². The van der Waals surface area contributed by atoms with E-state index in [-0.39, 0.29) is 11.0 Å². The van der Waals surface area contributed by atoms with Crippen LogP contribution >= 0.6 is 11.8 Å². The molecule has 0 aliphatic heterocycles. The largest absolute Gasteiger partial charge is 0.497 e. The van der Waals surface area contributed by atoms with Gasteiger partial charge < -0.3 is 9.72 Å². The molecule has 3 aromatic rings. The highest BCUT2D eigenvalue weighted by molar-refractivity contribution is 8.00. The lowest BCUT2D eigenvalue weighted by atomic mass is 10.1. The molecule has 0 unspecified atom stereocenters. The monoisotopic (exact) mass is 326 g/mol. The number of rotatable bonds is 5. The second-order valence-electron chi connectivity index (χ2n) is 5.42. The average Bonchev–Trinajstić information content (AvgIpc) is 2.95. The standard InChI is InChI=1S/C18H18N2O2S/c1-11-4-9-15-16(10-11)20-18(19-15)23-12(2)17(21)13-5-7-14(22-3)8-6-13/h4-10,12H,1-3H3,(H,19,20)/t12-/m1/s1. The summed E-state index contributed by atoms with van der Waals surface area (Å²) in [5.41, 5.74) is 3.77. The number of carbonyl (C=O) groups is 1. The van der Waals surface area contributed by atoms with Gasteiger partial charge in [-0.05, 0) is 55.8 Å². The summed E-state index contributed by atoms with van der Waals surface area (Å²) in [6.07, 6.45) is 0. The first-order valence-corrected chi connectivity index (χ1v) is 8.26. The molecule has 0 spiro atoms. The number of carbonyl (C=O) groups excluding carboxylic acids is 1. The predicted octanol–water partition coefficient (Wildman–Crippen LogP) is 4.24. The van der Waals surface area contributed by atoms with Gasteiger partial charge in [0.05, 0.1) is 23.4 Å². The van der Waals surface area contributed by atoms with Crippen LogP contribution in [0.5, 0.6) is 5.75 Å². The number of hydrogen-bond donors (Lipinski definition) is 1. The molecule has 0 aliphatic carbocycles. The highest BCUT2D eigenvalue weighted by atomic mass is 32.2. The van der Waals surface area contributed by atoms with Crippen molar-refractivity contribution in [1.29, 1.82) is 0 Å². The normalized spacial score (nSPS) is 12.3. The Kier molecular flexibility index (Phi) is 4.39. The van der Waals surface area contributed by atoms with Crippen LogP contribution in [-0.4, -0.2) is 28.1 Å². The number of Topliss-reactive ketones (excluding diaryl/α,β-unsaturated/α-hetero) is 1. The molecule has 5 heteroatoms. The number of hydrogen-bond acceptors (Lipinski definition) is 4. The summed E-state index contributed by atoms with van der Waals surface area (Å²) in [7, 11) is 1.61. The lowest BCUT2D eigenvalue weighted by Crippen LogP contribution is -2.13. The van der Waals surface area contributed by atoms with Crippen molar-refractivity contribution in [2.45, 2.75) is 24.3 Å². The molecule has 0 amide bonds. The quantitative estimate of drug-likeness (QED) is 0.563. The smallest absolute Gasteiger partial charge is 0.175 e. The minimum Gasteiger partial charge on any atom is -0.497 e. The number of methoxy groups -OCH3 is 1. The number of fused-ring (bicyclic) bond motifs is 1. The lowest BCUT2D eigenvalue weighted by molar-refractivity contribution is 0.0994. The molecular formula is C18H18N2O2S. The van der Waals surface area contributed by atoms with Gasteiger partial charge in [-0.2, -0.15) is 0 Å². The van der Waals surface area contributed by atoms with Crippen LogP contribution in [-0.2, 0) is 0 Å². The van der Waals surface area contributed by atoms with Crippen LogP contribution < -0.4 is 4.74 Å². The predicted molar refractivity (Wildman–Crippen MR) is 93.5 cm³/mol. The molecule has 1 aromatic heterocycles. The molecule has 3 rings (SSSR count). The van der Waals surface area contributed by atoms with E-state index in [1.807, 2.05) is 26.0 Å². The van der Waals surface area contributed by atoms with Crippen LogP contribution in [0.4, 0.5) is 0 Å². The summed E-state index contributed by atoms with van der Waals surface area (Å²) < 4.78 is 5.12. The van der Waals surface area contributed by atoms with E-state index in [4.69, 9.17) is 4.74 Å². The van der Waals surface area contributed by atoms with Crippen molar-refractivity contribution in [3.8, 4) is 5.75 Å². The first-order valence-electron chi connectivity index (χ1n) is 7.38. The number of thioether (sulfide) groups is 1. The van der Waals surface area contributed by atoms with Crippen LogP contribution in [0.15, 0.2) is 47.6 Å². The molecule has 1 atom stereocenters. The Morgan fingerprint density at radius 3 is 2.65 bits per heavy atom. The third-order valence-electron chi connectivity index (χ3n) is 3.65. The third kappa shape index (κ3) is 3.40. The summed E-state index contributed by atoms with van der Waals surface area (Å²) >= 11 is 1.44. The van der Waals surface area contributed by atoms with E-state index in [0.29, 0.717) is 5.56 Å². The Balaban J connectivity index is 1.76. The van der Waals surface area contributed by atoms with Gasteiger partial charge in [-0.15, -0.1) is 0 Å². The zero-order valence-corrected chi connectivity index (χ0v) is 14.1. The van der Waals surface area contributed by atoms with Crippen molar-refractivity contribution in [3.63, 3.8) is 0 Å². The highest BCUT2D eigenvalue weighted by Gasteiger charge is 2.18. The van der Waals surface area contributed by atoms with Crippen molar-refractivity contribution in [3.05, 3.63) is 53.6 Å². The van der Waals surface area contributed by atoms with Crippen molar-refractivity contribution in [1.82, 2.24) is 9.97 Å². The van der Waals surface area contributed by atoms with E-state index in [0.717, 1.165) is 21.9 Å². The van der Waals surface area contributed by atoms with Crippen molar-refractivity contribution in [2.75, 3.05) is 7.11 Å². The zero-order chi connectivity index (χ0) is 16.4. The molecule has 4 nitrogen and oxygen atoms in total. The van der Waals surface area contributed by atoms with Crippen LogP contribution in [0, 0.1) is 6.92 Å². The molecule has 0 saturated carbocycles. The summed E-state index contributed by atoms with van der Waals surface area (Å²) in [5, 5.41) is 0.546. The molecule has 0 bridgehead atoms. The van der Waals surface area contributed by atoms with Gasteiger partial charge in [0.2, 0.25) is 0 Å². The van der Waals surface area contributed by atoms with Crippen molar-refractivity contribution >= 4 is 28.6 Å². The average molecular weight is 326 g/mol. The van der Waals surface area contributed by atoms with E-state index < -0.39 is 0 Å². The van der Waals surface area contributed by atoms with Gasteiger partial charge >= 0.3 is 0 Å². The van der Waals surface area contributed by atoms with E-state index in [9.17, 15) is 4.79 Å². The van der Waals surface area contributed by atoms with Gasteiger partial charge in [0.25, 0.3) is 0 Å². The fourth-order valence-corrected chi connectivity index (χ4v) is 3.26. The number of aromatic amines is 1. The Hall–Kier alpha value is -2.27. The van der Waals surface area contributed by atoms with Gasteiger partial charge in [-0.1, -0.05) is 17.8 Å². The van der Waals surface area contributed by atoms with Crippen molar-refractivity contribution < 1.29 is 9.53 Å². The molecule has 1 heterocycles. The second-order valence-corrected chi connectivity index (χ2v) is 6.74. The Morgan fingerprint density at radius 2 is 1.96 bits per heavy atom. The molecule has 23 heavy (non-hydrogen) atoms. The lowest BCUT2D eigenvalue weighted by Gasteiger charge is -2.08. The van der Waals surface area contributed by atoms with Gasteiger partial charge in [0, 0.05) is 5.56 Å². The number of H-pyrrole nitrogens is 1. The maximum absolute atomic E-state index is 12.5. The maximum atomic E-state index is 12.5. The van der Waals surface area contributed by atoms with E-state index in [1.54, 1.807) is 31.4 Å². The van der Waals surface area contributed by atoms with Gasteiger partial charge in [0.15, 0.2) is 10.9 Å². The Labute approximate surface area is 139 Å². The number of nitrogens with one attached hydrogen (secondary N) is 1. The Morgan fingerprint density at radius 1 is 1.22 bits per heavy atom. The molecule has 2 aromatic carbocycles. The van der Waals surface area contributed by atoms with Crippen LogP contribution in [0.1, 0.15) is 22.8 Å². The number of ketones is 1. The minimum atomic E-state index is -0.218. The molecule has 0 fully saturated rings. The van der Waals surface area contributed by atoms with E-state index in [1.165, 1.54) is 17.3 Å². The number of aromatic nitrogens is 2. The molecule has 0 saturated heterocycles. The zero-order valence-electron chi connectivity index (χ0n) is 13.3. The summed E-state index contributed by atoms with van der Waals surface area (Å²) in [5.74, 6) is 0.823. The Bertz CT molecular complexity index is 840. The molecule has 0 radical (unpaired) electrons. The van der Waals surface area contributed by atoms with Crippen molar-refractivity contribution in [2.24, 2.45) is 0 Å². The SMILES string of the molecule is COc1ccc(C(=O)[C@@H](C)Sc2nc3ccc(C)cc3[nH]2)cc1.